The van der Waals surface area contributed by atoms with Crippen LogP contribution in [0.1, 0.15) is 55.0 Å². The van der Waals surface area contributed by atoms with Gasteiger partial charge in [-0.15, -0.1) is 0 Å². The Bertz CT molecular complexity index is 1620. The van der Waals surface area contributed by atoms with Gasteiger partial charge in [-0.1, -0.05) is 48.8 Å². The van der Waals surface area contributed by atoms with Crippen molar-refractivity contribution in [1.29, 1.82) is 0 Å². The molecule has 0 saturated carbocycles. The minimum atomic E-state index is -0.981. The molecule has 1 heterocycles. The fourth-order valence-electron chi connectivity index (χ4n) is 3.83. The largest absolute Gasteiger partial charge is 0.490 e. The van der Waals surface area contributed by atoms with E-state index in [0.717, 1.165) is 10.0 Å². The Hall–Kier alpha value is -3.50. The number of hydrogen-bond donors (Lipinski definition) is 1. The molecule has 0 radical (unpaired) electrons. The molecule has 10 heteroatoms. The lowest BCUT2D eigenvalue weighted by atomic mass is 9.95. The lowest BCUT2D eigenvalue weighted by molar-refractivity contribution is 0.0697. The van der Waals surface area contributed by atoms with Gasteiger partial charge in [0, 0.05) is 9.89 Å². The van der Waals surface area contributed by atoms with Crippen LogP contribution in [0.15, 0.2) is 73.4 Å². The van der Waals surface area contributed by atoms with E-state index in [2.05, 4.69) is 37.0 Å². The monoisotopic (exact) mass is 655 g/mol. The zero-order valence-corrected chi connectivity index (χ0v) is 25.0. The first-order chi connectivity index (χ1) is 18.5. The summed E-state index contributed by atoms with van der Waals surface area (Å²) in [7, 11) is 0. The van der Waals surface area contributed by atoms with Crippen LogP contribution in [0.4, 0.5) is 0 Å². The summed E-state index contributed by atoms with van der Waals surface area (Å²) in [6.45, 7) is 8.45. The molecule has 0 aliphatic carbocycles. The van der Waals surface area contributed by atoms with Gasteiger partial charge < -0.3 is 14.6 Å². The van der Waals surface area contributed by atoms with Gasteiger partial charge >= 0.3 is 5.97 Å². The Labute approximate surface area is 242 Å². The first-order valence-electron chi connectivity index (χ1n) is 12.2. The number of benzene rings is 3. The van der Waals surface area contributed by atoms with E-state index in [4.69, 9.17) is 19.6 Å². The third-order valence-electron chi connectivity index (χ3n) is 5.72. The van der Waals surface area contributed by atoms with E-state index in [1.54, 1.807) is 30.5 Å². The molecule has 0 aliphatic heterocycles. The highest BCUT2D eigenvalue weighted by Crippen LogP contribution is 2.37. The third-order valence-corrected chi connectivity index (χ3v) is 6.80. The summed E-state index contributed by atoms with van der Waals surface area (Å²) in [5, 5.41) is 14.1. The second-order valence-electron chi connectivity index (χ2n) is 9.76. The number of carbonyl (C=O) groups is 1. The highest BCUT2D eigenvalue weighted by atomic mass is 79.9. The Morgan fingerprint density at radius 3 is 2.44 bits per heavy atom. The molecule has 0 atom stereocenters. The molecule has 8 nitrogen and oxygen atoms in total. The molecule has 3 aromatic carbocycles. The maximum Gasteiger partial charge on any atom is 0.335 e. The van der Waals surface area contributed by atoms with Crippen LogP contribution in [0.3, 0.4) is 0 Å². The van der Waals surface area contributed by atoms with Crippen molar-refractivity contribution in [1.82, 2.24) is 9.66 Å². The van der Waals surface area contributed by atoms with Gasteiger partial charge in [-0.05, 0) is 76.4 Å². The Balaban J connectivity index is 1.69. The molecule has 4 aromatic rings. The van der Waals surface area contributed by atoms with Crippen LogP contribution in [0, 0.1) is 0 Å². The zero-order valence-electron chi connectivity index (χ0n) is 21.9. The van der Waals surface area contributed by atoms with Crippen LogP contribution < -0.4 is 15.0 Å². The highest BCUT2D eigenvalue weighted by molar-refractivity contribution is 9.10. The highest BCUT2D eigenvalue weighted by Gasteiger charge is 2.23. The molecule has 0 spiro atoms. The fraction of sp³-hybridized carbons (Fsp3) is 0.241. The molecule has 0 amide bonds. The second kappa shape index (κ2) is 11.7. The van der Waals surface area contributed by atoms with E-state index in [0.29, 0.717) is 44.9 Å². The van der Waals surface area contributed by atoms with Crippen molar-refractivity contribution in [2.75, 3.05) is 6.61 Å². The summed E-state index contributed by atoms with van der Waals surface area (Å²) in [5.74, 6) is 0.558. The summed E-state index contributed by atoms with van der Waals surface area (Å²) in [6, 6.07) is 15.5. The number of aromatic carboxylic acids is 1. The van der Waals surface area contributed by atoms with Gasteiger partial charge in [0.1, 0.15) is 12.4 Å². The van der Waals surface area contributed by atoms with Crippen molar-refractivity contribution in [3.63, 3.8) is 0 Å². The number of carboxylic acid groups (broad SMARTS) is 1. The summed E-state index contributed by atoms with van der Waals surface area (Å²) in [6.07, 6.45) is 1.59. The van der Waals surface area contributed by atoms with E-state index in [1.807, 2.05) is 45.9 Å². The summed E-state index contributed by atoms with van der Waals surface area (Å²) in [4.78, 5) is 29.3. The number of rotatable bonds is 8. The second-order valence-corrected chi connectivity index (χ2v) is 11.5. The first-order valence-corrected chi connectivity index (χ1v) is 13.7. The predicted octanol–water partition coefficient (Wildman–Crippen LogP) is 6.78. The topological polar surface area (TPSA) is 103 Å². The van der Waals surface area contributed by atoms with Gasteiger partial charge in [0.25, 0.3) is 5.56 Å². The van der Waals surface area contributed by atoms with Crippen molar-refractivity contribution in [3.05, 3.63) is 96.4 Å². The number of nitrogens with zero attached hydrogens (tertiary/aromatic N) is 3. The molecule has 0 fully saturated rings. The van der Waals surface area contributed by atoms with E-state index in [-0.39, 0.29) is 17.7 Å². The van der Waals surface area contributed by atoms with Gasteiger partial charge in [-0.3, -0.25) is 4.79 Å². The summed E-state index contributed by atoms with van der Waals surface area (Å²) in [5.41, 5.74) is 1.62. The van der Waals surface area contributed by atoms with Crippen molar-refractivity contribution >= 4 is 54.9 Å². The lowest BCUT2D eigenvalue weighted by Crippen LogP contribution is -2.29. The molecule has 1 N–H and O–H groups in total. The molecule has 0 unspecified atom stereocenters. The van der Waals surface area contributed by atoms with Gasteiger partial charge in [0.15, 0.2) is 11.5 Å². The fourth-order valence-corrected chi connectivity index (χ4v) is 4.77. The number of carboxylic acids is 1. The van der Waals surface area contributed by atoms with Crippen molar-refractivity contribution in [2.24, 2.45) is 5.10 Å². The quantitative estimate of drug-likeness (QED) is 0.210. The molecular weight excluding hydrogens is 630 g/mol. The summed E-state index contributed by atoms with van der Waals surface area (Å²) < 4.78 is 14.6. The normalized spacial score (nSPS) is 11.7. The standard InChI is InChI=1S/C29H27Br2N3O5/c1-5-38-24-13-18(12-22(31)25(24)39-16-17-6-8-19(9-7-17)27(36)37)15-32-34-26(35)21-14-20(30)10-11-23(21)33-28(34)29(2,3)4/h6-15H,5,16H2,1-4H3,(H,36,37). The Morgan fingerprint density at radius 2 is 1.79 bits per heavy atom. The van der Waals surface area contributed by atoms with Crippen LogP contribution >= 0.6 is 31.9 Å². The zero-order chi connectivity index (χ0) is 28.3. The maximum absolute atomic E-state index is 13.4. The van der Waals surface area contributed by atoms with Crippen LogP contribution in [0.2, 0.25) is 0 Å². The molecule has 1 aromatic heterocycles. The van der Waals surface area contributed by atoms with Gasteiger partial charge in [0.05, 0.1) is 33.8 Å². The molecule has 4 rings (SSSR count). The Morgan fingerprint density at radius 1 is 1.08 bits per heavy atom. The molecule has 39 heavy (non-hydrogen) atoms. The minimum absolute atomic E-state index is 0.210. The SMILES string of the molecule is CCOc1cc(C=Nn2c(C(C)(C)C)nc3ccc(Br)cc3c2=O)cc(Br)c1OCc1ccc(C(=O)O)cc1. The number of aromatic nitrogens is 2. The van der Waals surface area contributed by atoms with E-state index < -0.39 is 11.4 Å². The van der Waals surface area contributed by atoms with E-state index >= 15 is 0 Å². The number of halogens is 2. The van der Waals surface area contributed by atoms with Crippen LogP contribution in [-0.2, 0) is 12.0 Å². The average molecular weight is 657 g/mol. The van der Waals surface area contributed by atoms with Gasteiger partial charge in [-0.2, -0.15) is 9.78 Å². The molecule has 0 saturated heterocycles. The van der Waals surface area contributed by atoms with Gasteiger partial charge in [-0.25, -0.2) is 9.78 Å². The van der Waals surface area contributed by atoms with Crippen LogP contribution in [0.5, 0.6) is 11.5 Å². The van der Waals surface area contributed by atoms with Gasteiger partial charge in [0.2, 0.25) is 0 Å². The smallest absolute Gasteiger partial charge is 0.335 e. The third kappa shape index (κ3) is 6.57. The number of fused-ring (bicyclic) bond motifs is 1. The number of hydrogen-bond acceptors (Lipinski definition) is 6. The summed E-state index contributed by atoms with van der Waals surface area (Å²) >= 11 is 7.00. The van der Waals surface area contributed by atoms with Crippen molar-refractivity contribution in [2.45, 2.75) is 39.7 Å². The molecule has 202 valence electrons. The molecule has 0 bridgehead atoms. The molecular formula is C29H27Br2N3O5. The lowest BCUT2D eigenvalue weighted by Gasteiger charge is -2.21. The first kappa shape index (κ1) is 28.5. The predicted molar refractivity (Wildman–Crippen MR) is 158 cm³/mol. The number of ether oxygens (including phenoxy) is 2. The average Bonchev–Trinajstić information content (AvgIpc) is 2.87. The van der Waals surface area contributed by atoms with Crippen molar-refractivity contribution in [3.8, 4) is 11.5 Å². The van der Waals surface area contributed by atoms with E-state index in [1.165, 1.54) is 16.8 Å². The minimum Gasteiger partial charge on any atom is -0.490 e. The van der Waals surface area contributed by atoms with Crippen molar-refractivity contribution < 1.29 is 19.4 Å². The maximum atomic E-state index is 13.4. The molecule has 0 aliphatic rings. The Kier molecular flexibility index (Phi) is 8.56. The van der Waals surface area contributed by atoms with Crippen LogP contribution in [0.25, 0.3) is 10.9 Å². The van der Waals surface area contributed by atoms with Crippen LogP contribution in [-0.4, -0.2) is 33.6 Å². The van der Waals surface area contributed by atoms with E-state index in [9.17, 15) is 9.59 Å².